The molecule has 0 saturated heterocycles. The number of benzene rings is 2. The first-order valence-electron chi connectivity index (χ1n) is 7.52. The molecule has 24 heavy (non-hydrogen) atoms. The summed E-state index contributed by atoms with van der Waals surface area (Å²) >= 11 is 1.59. The zero-order chi connectivity index (χ0) is 16.7. The Kier molecular flexibility index (Phi) is 3.50. The van der Waals surface area contributed by atoms with Gasteiger partial charge >= 0.3 is 0 Å². The van der Waals surface area contributed by atoms with Gasteiger partial charge in [0, 0.05) is 22.6 Å². The summed E-state index contributed by atoms with van der Waals surface area (Å²) in [5.74, 6) is -0.816. The monoisotopic (exact) mass is 339 g/mol. The molecule has 2 aromatic carbocycles. The van der Waals surface area contributed by atoms with E-state index in [1.54, 1.807) is 17.4 Å². The number of nitrogens with one attached hydrogen (secondary N) is 1. The van der Waals surface area contributed by atoms with Crippen molar-refractivity contribution in [3.63, 3.8) is 0 Å². The van der Waals surface area contributed by atoms with E-state index < -0.39 is 12.0 Å². The molecule has 1 fully saturated rings. The maximum absolute atomic E-state index is 12.0. The SMILES string of the molecule is O=C(Nc1cccc(-c2nc3ccccc3s2)c1)C1CC1[N+](=O)[O-]. The van der Waals surface area contributed by atoms with Gasteiger partial charge in [-0.2, -0.15) is 0 Å². The van der Waals surface area contributed by atoms with Crippen LogP contribution in [0.1, 0.15) is 6.42 Å². The van der Waals surface area contributed by atoms with Gasteiger partial charge in [-0.3, -0.25) is 14.9 Å². The molecule has 1 aromatic heterocycles. The maximum atomic E-state index is 12.0. The minimum atomic E-state index is -0.738. The summed E-state index contributed by atoms with van der Waals surface area (Å²) < 4.78 is 1.11. The van der Waals surface area contributed by atoms with Crippen molar-refractivity contribution in [1.82, 2.24) is 4.98 Å². The molecule has 1 saturated carbocycles. The fourth-order valence-electron chi connectivity index (χ4n) is 2.66. The molecule has 2 unspecified atom stereocenters. The van der Waals surface area contributed by atoms with E-state index in [9.17, 15) is 14.9 Å². The van der Waals surface area contributed by atoms with E-state index in [1.165, 1.54) is 0 Å². The molecule has 1 heterocycles. The van der Waals surface area contributed by atoms with Gasteiger partial charge in [-0.25, -0.2) is 4.98 Å². The lowest BCUT2D eigenvalue weighted by molar-refractivity contribution is -0.497. The van der Waals surface area contributed by atoms with Crippen LogP contribution in [-0.4, -0.2) is 21.9 Å². The van der Waals surface area contributed by atoms with Gasteiger partial charge in [0.1, 0.15) is 10.9 Å². The van der Waals surface area contributed by atoms with Gasteiger partial charge < -0.3 is 5.32 Å². The van der Waals surface area contributed by atoms with Crippen LogP contribution in [0.3, 0.4) is 0 Å². The number of fused-ring (bicyclic) bond motifs is 1. The largest absolute Gasteiger partial charge is 0.326 e. The molecule has 4 rings (SSSR count). The van der Waals surface area contributed by atoms with Crippen LogP contribution in [0.15, 0.2) is 48.5 Å². The number of rotatable bonds is 4. The Labute approximate surface area is 141 Å². The van der Waals surface area contributed by atoms with Crippen molar-refractivity contribution in [1.29, 1.82) is 0 Å². The Balaban J connectivity index is 1.55. The first-order valence-corrected chi connectivity index (χ1v) is 8.34. The van der Waals surface area contributed by atoms with Crippen molar-refractivity contribution in [3.05, 3.63) is 58.6 Å². The Hall–Kier alpha value is -2.80. The number of amides is 1. The molecule has 0 aliphatic heterocycles. The highest BCUT2D eigenvalue weighted by molar-refractivity contribution is 7.21. The van der Waals surface area contributed by atoms with Crippen molar-refractivity contribution in [2.75, 3.05) is 5.32 Å². The molecule has 0 radical (unpaired) electrons. The maximum Gasteiger partial charge on any atom is 0.234 e. The summed E-state index contributed by atoms with van der Waals surface area (Å²) in [6, 6.07) is 14.6. The van der Waals surface area contributed by atoms with E-state index >= 15 is 0 Å². The Bertz CT molecular complexity index is 920. The van der Waals surface area contributed by atoms with E-state index in [2.05, 4.69) is 10.3 Å². The predicted molar refractivity (Wildman–Crippen MR) is 92.6 cm³/mol. The highest BCUT2D eigenvalue weighted by Gasteiger charge is 2.53. The molecule has 0 spiro atoms. The van der Waals surface area contributed by atoms with E-state index in [4.69, 9.17) is 0 Å². The Morgan fingerprint density at radius 1 is 1.25 bits per heavy atom. The normalized spacial score (nSPS) is 19.2. The van der Waals surface area contributed by atoms with Crippen LogP contribution in [0.25, 0.3) is 20.8 Å². The molecule has 1 amide bonds. The van der Waals surface area contributed by atoms with Gasteiger partial charge in [0.05, 0.1) is 10.2 Å². The molecule has 2 atom stereocenters. The number of carbonyl (C=O) groups excluding carboxylic acids is 1. The first kappa shape index (κ1) is 14.8. The van der Waals surface area contributed by atoms with Gasteiger partial charge in [0.25, 0.3) is 0 Å². The minimum absolute atomic E-state index is 0.293. The van der Waals surface area contributed by atoms with Crippen LogP contribution in [0, 0.1) is 16.0 Å². The van der Waals surface area contributed by atoms with Crippen LogP contribution in [-0.2, 0) is 4.79 Å². The molecule has 7 heteroatoms. The lowest BCUT2D eigenvalue weighted by atomic mass is 10.2. The number of hydrogen-bond acceptors (Lipinski definition) is 5. The fraction of sp³-hybridized carbons (Fsp3) is 0.176. The van der Waals surface area contributed by atoms with Crippen LogP contribution < -0.4 is 5.32 Å². The van der Waals surface area contributed by atoms with Crippen molar-refractivity contribution in [3.8, 4) is 10.6 Å². The second kappa shape index (κ2) is 5.68. The molecule has 0 bridgehead atoms. The number of anilines is 1. The number of hydrogen-bond donors (Lipinski definition) is 1. The number of para-hydroxylation sites is 1. The van der Waals surface area contributed by atoms with Crippen LogP contribution in [0.4, 0.5) is 5.69 Å². The van der Waals surface area contributed by atoms with E-state index in [-0.39, 0.29) is 10.8 Å². The van der Waals surface area contributed by atoms with Gasteiger partial charge in [-0.1, -0.05) is 24.3 Å². The minimum Gasteiger partial charge on any atom is -0.326 e. The van der Waals surface area contributed by atoms with Crippen LogP contribution in [0.5, 0.6) is 0 Å². The number of carbonyl (C=O) groups is 1. The lowest BCUT2D eigenvalue weighted by Gasteiger charge is -2.05. The number of aromatic nitrogens is 1. The topological polar surface area (TPSA) is 85.1 Å². The van der Waals surface area contributed by atoms with E-state index in [1.807, 2.05) is 42.5 Å². The second-order valence-corrected chi connectivity index (χ2v) is 6.78. The van der Waals surface area contributed by atoms with Gasteiger partial charge in [-0.15, -0.1) is 11.3 Å². The van der Waals surface area contributed by atoms with Crippen molar-refractivity contribution < 1.29 is 9.72 Å². The summed E-state index contributed by atoms with van der Waals surface area (Å²) in [7, 11) is 0. The van der Waals surface area contributed by atoms with Crippen molar-refractivity contribution >= 4 is 33.1 Å². The molecule has 1 aliphatic rings. The second-order valence-electron chi connectivity index (χ2n) is 5.75. The zero-order valence-electron chi connectivity index (χ0n) is 12.5. The highest BCUT2D eigenvalue weighted by atomic mass is 32.1. The third-order valence-electron chi connectivity index (χ3n) is 4.04. The van der Waals surface area contributed by atoms with E-state index in [0.717, 1.165) is 20.8 Å². The van der Waals surface area contributed by atoms with Gasteiger partial charge in [0.15, 0.2) is 0 Å². The zero-order valence-corrected chi connectivity index (χ0v) is 13.3. The fourth-order valence-corrected chi connectivity index (χ4v) is 3.62. The van der Waals surface area contributed by atoms with E-state index in [0.29, 0.717) is 12.1 Å². The van der Waals surface area contributed by atoms with Gasteiger partial charge in [-0.05, 0) is 24.3 Å². The van der Waals surface area contributed by atoms with Crippen molar-refractivity contribution in [2.45, 2.75) is 12.5 Å². The quantitative estimate of drug-likeness (QED) is 0.582. The van der Waals surface area contributed by atoms with Crippen LogP contribution >= 0.6 is 11.3 Å². The third kappa shape index (κ3) is 2.74. The summed E-state index contributed by atoms with van der Waals surface area (Å²) in [4.78, 5) is 26.9. The van der Waals surface area contributed by atoms with Crippen molar-refractivity contribution in [2.24, 2.45) is 5.92 Å². The average molecular weight is 339 g/mol. The molecule has 1 N–H and O–H groups in total. The van der Waals surface area contributed by atoms with Gasteiger partial charge in [0.2, 0.25) is 11.9 Å². The molecular formula is C17H13N3O3S. The predicted octanol–water partition coefficient (Wildman–Crippen LogP) is 3.57. The molecule has 6 nitrogen and oxygen atoms in total. The summed E-state index contributed by atoms with van der Waals surface area (Å²) in [5, 5.41) is 14.3. The number of thiazole rings is 1. The van der Waals surface area contributed by atoms with Crippen LogP contribution in [0.2, 0.25) is 0 Å². The third-order valence-corrected chi connectivity index (χ3v) is 5.12. The molecular weight excluding hydrogens is 326 g/mol. The molecule has 3 aromatic rings. The smallest absolute Gasteiger partial charge is 0.234 e. The lowest BCUT2D eigenvalue weighted by Crippen LogP contribution is -2.18. The molecule has 1 aliphatic carbocycles. The summed E-state index contributed by atoms with van der Waals surface area (Å²) in [5.41, 5.74) is 2.49. The summed E-state index contributed by atoms with van der Waals surface area (Å²) in [6.45, 7) is 0. The average Bonchev–Trinajstić information content (AvgIpc) is 3.27. The Morgan fingerprint density at radius 3 is 2.83 bits per heavy atom. The highest BCUT2D eigenvalue weighted by Crippen LogP contribution is 2.35. The Morgan fingerprint density at radius 2 is 2.08 bits per heavy atom. The number of nitrogens with zero attached hydrogens (tertiary/aromatic N) is 2. The first-order chi connectivity index (χ1) is 11.6. The summed E-state index contributed by atoms with van der Waals surface area (Å²) in [6.07, 6.45) is 0.316. The standard InChI is InChI=1S/C17H13N3O3S/c21-16(12-9-14(12)20(22)23)18-11-5-3-4-10(8-11)17-19-13-6-1-2-7-15(13)24-17/h1-8,12,14H,9H2,(H,18,21). The number of nitro groups is 1. The molecule has 120 valence electrons.